The first kappa shape index (κ1) is 8.55. The van der Waals surface area contributed by atoms with Gasteiger partial charge in [0.25, 0.3) is 0 Å². The second-order valence-electron chi connectivity index (χ2n) is 2.28. The first-order valence-corrected chi connectivity index (χ1v) is 3.39. The van der Waals surface area contributed by atoms with Crippen LogP contribution < -0.4 is 10.5 Å². The Morgan fingerprint density at radius 2 is 2.25 bits per heavy atom. The third-order valence-corrected chi connectivity index (χ3v) is 1.52. The van der Waals surface area contributed by atoms with Crippen LogP contribution in [0.15, 0.2) is 18.2 Å². The van der Waals surface area contributed by atoms with Crippen molar-refractivity contribution in [3.05, 3.63) is 23.8 Å². The largest absolute Gasteiger partial charge is 0.504 e. The van der Waals surface area contributed by atoms with Crippen LogP contribution in [0.2, 0.25) is 0 Å². The molecule has 0 spiro atoms. The molecule has 0 aliphatic heterocycles. The first-order chi connectivity index (χ1) is 5.66. The highest BCUT2D eigenvalue weighted by Gasteiger charge is 2.13. The summed E-state index contributed by atoms with van der Waals surface area (Å²) in [5.41, 5.74) is 3.37. The van der Waals surface area contributed by atoms with Gasteiger partial charge in [-0.05, 0) is 12.1 Å². The van der Waals surface area contributed by atoms with Crippen LogP contribution in [-0.4, -0.2) is 18.1 Å². The lowest BCUT2D eigenvalue weighted by Crippen LogP contribution is -2.56. The maximum atomic E-state index is 10.8. The van der Waals surface area contributed by atoms with Crippen molar-refractivity contribution in [1.29, 1.82) is 0 Å². The fourth-order valence-corrected chi connectivity index (χ4v) is 0.912. The quantitative estimate of drug-likeness (QED) is 0.641. The molecule has 1 rings (SSSR count). The number of methoxy groups -OCH3 is 1. The van der Waals surface area contributed by atoms with Gasteiger partial charge >= 0.3 is 5.91 Å². The third-order valence-electron chi connectivity index (χ3n) is 1.52. The number of rotatable bonds is 2. The average Bonchev–Trinajstić information content (AvgIpc) is 2.04. The van der Waals surface area contributed by atoms with Gasteiger partial charge in [-0.3, -0.25) is 5.73 Å². The summed E-state index contributed by atoms with van der Waals surface area (Å²) in [7, 11) is 1.42. The maximum Gasteiger partial charge on any atom is 0.344 e. The van der Waals surface area contributed by atoms with Gasteiger partial charge in [0.05, 0.1) is 7.11 Å². The van der Waals surface area contributed by atoms with Gasteiger partial charge in [0.2, 0.25) is 0 Å². The number of aromatic hydroxyl groups is 1. The minimum atomic E-state index is -0.425. The molecule has 0 aliphatic rings. The summed E-state index contributed by atoms with van der Waals surface area (Å²) in [6.07, 6.45) is 0. The van der Waals surface area contributed by atoms with E-state index in [1.54, 1.807) is 12.1 Å². The molecule has 0 saturated heterocycles. The predicted octanol–water partition coefficient (Wildman–Crippen LogP) is -0.217. The van der Waals surface area contributed by atoms with E-state index >= 15 is 0 Å². The molecule has 12 heavy (non-hydrogen) atoms. The van der Waals surface area contributed by atoms with Crippen molar-refractivity contribution >= 4 is 5.91 Å². The van der Waals surface area contributed by atoms with Crippen molar-refractivity contribution < 1.29 is 20.4 Å². The van der Waals surface area contributed by atoms with Crippen LogP contribution >= 0.6 is 0 Å². The summed E-state index contributed by atoms with van der Waals surface area (Å²) < 4.78 is 4.81. The molecule has 0 fully saturated rings. The molecule has 0 unspecified atom stereocenters. The fraction of sp³-hybridized carbons (Fsp3) is 0.125. The number of phenols is 1. The molecule has 1 aromatic rings. The van der Waals surface area contributed by atoms with Gasteiger partial charge in [-0.2, -0.15) is 0 Å². The Balaban J connectivity index is 3.23. The molecule has 0 bridgehead atoms. The van der Waals surface area contributed by atoms with Gasteiger partial charge in [-0.1, -0.05) is 6.07 Å². The van der Waals surface area contributed by atoms with Crippen molar-refractivity contribution in [2.24, 2.45) is 0 Å². The highest BCUT2D eigenvalue weighted by atomic mass is 16.5. The highest BCUT2D eigenvalue weighted by molar-refractivity contribution is 5.90. The number of hydrogen-bond donors (Lipinski definition) is 2. The Bertz CT molecular complexity index is 309. The summed E-state index contributed by atoms with van der Waals surface area (Å²) in [5.74, 6) is -0.295. The predicted molar refractivity (Wildman–Crippen MR) is 41.9 cm³/mol. The standard InChI is InChI=1S/C8H9NO3/c1-12-6-4-2-3-5(7(6)10)8(9)11/h2-4,10H,1H3,(H2,9,11)/p+1. The summed E-state index contributed by atoms with van der Waals surface area (Å²) in [6.45, 7) is 0. The molecule has 4 nitrogen and oxygen atoms in total. The lowest BCUT2D eigenvalue weighted by Gasteiger charge is -2.03. The van der Waals surface area contributed by atoms with Gasteiger partial charge in [0.15, 0.2) is 11.5 Å². The van der Waals surface area contributed by atoms with Gasteiger partial charge in [-0.25, -0.2) is 4.79 Å². The van der Waals surface area contributed by atoms with Crippen molar-refractivity contribution in [2.75, 3.05) is 7.11 Å². The molecule has 1 amide bonds. The summed E-state index contributed by atoms with van der Waals surface area (Å²) >= 11 is 0. The van der Waals surface area contributed by atoms with Gasteiger partial charge in [0.1, 0.15) is 5.56 Å². The van der Waals surface area contributed by atoms with Gasteiger partial charge in [-0.15, -0.1) is 0 Å². The average molecular weight is 168 g/mol. The Hall–Kier alpha value is -1.55. The van der Waals surface area contributed by atoms with E-state index in [2.05, 4.69) is 5.73 Å². The Labute approximate surface area is 69.6 Å². The molecule has 0 radical (unpaired) electrons. The number of carbonyl (C=O) groups is 1. The normalized spacial score (nSPS) is 9.50. The van der Waals surface area contributed by atoms with Crippen LogP contribution in [-0.2, 0) is 0 Å². The van der Waals surface area contributed by atoms with Crippen molar-refractivity contribution in [3.63, 3.8) is 0 Å². The first-order valence-electron chi connectivity index (χ1n) is 3.39. The van der Waals surface area contributed by atoms with Crippen molar-refractivity contribution in [3.8, 4) is 11.5 Å². The Kier molecular flexibility index (Phi) is 2.30. The number of hydrogen-bond acceptors (Lipinski definition) is 3. The molecule has 0 aliphatic carbocycles. The number of quaternary nitrogens is 1. The summed E-state index contributed by atoms with van der Waals surface area (Å²) in [6, 6.07) is 4.69. The SMILES string of the molecule is COc1cccc(C([NH3+])=O)c1O. The van der Waals surface area contributed by atoms with E-state index in [0.29, 0.717) is 0 Å². The molecular formula is C8H10NO3+. The highest BCUT2D eigenvalue weighted by Crippen LogP contribution is 2.28. The minimum Gasteiger partial charge on any atom is -0.504 e. The minimum absolute atomic E-state index is 0.153. The zero-order chi connectivity index (χ0) is 9.14. The van der Waals surface area contributed by atoms with E-state index < -0.39 is 5.91 Å². The summed E-state index contributed by atoms with van der Waals surface area (Å²) in [5, 5.41) is 9.37. The van der Waals surface area contributed by atoms with Crippen LogP contribution in [0.25, 0.3) is 0 Å². The maximum absolute atomic E-state index is 10.8. The lowest BCUT2D eigenvalue weighted by molar-refractivity contribution is -0.255. The van der Waals surface area contributed by atoms with Gasteiger partial charge in [0, 0.05) is 0 Å². The second-order valence-corrected chi connectivity index (χ2v) is 2.28. The number of phenolic OH excluding ortho intramolecular Hbond substituents is 1. The van der Waals surface area contributed by atoms with Crippen LogP contribution in [0.1, 0.15) is 10.4 Å². The molecule has 0 aromatic heterocycles. The van der Waals surface area contributed by atoms with Crippen LogP contribution in [0, 0.1) is 0 Å². The number of para-hydroxylation sites is 1. The molecule has 4 heteroatoms. The topological polar surface area (TPSA) is 74.2 Å². The smallest absolute Gasteiger partial charge is 0.344 e. The molecule has 0 heterocycles. The Morgan fingerprint density at radius 1 is 1.58 bits per heavy atom. The van der Waals surface area contributed by atoms with Crippen molar-refractivity contribution in [1.82, 2.24) is 0 Å². The van der Waals surface area contributed by atoms with E-state index in [1.165, 1.54) is 13.2 Å². The number of benzene rings is 1. The zero-order valence-electron chi connectivity index (χ0n) is 6.70. The number of carbonyl (C=O) groups excluding carboxylic acids is 1. The van der Waals surface area contributed by atoms with E-state index in [1.807, 2.05) is 0 Å². The molecule has 4 N–H and O–H groups in total. The Morgan fingerprint density at radius 3 is 2.75 bits per heavy atom. The van der Waals surface area contributed by atoms with E-state index in [4.69, 9.17) is 4.74 Å². The third kappa shape index (κ3) is 1.38. The fourth-order valence-electron chi connectivity index (χ4n) is 0.912. The summed E-state index contributed by atoms with van der Waals surface area (Å²) in [4.78, 5) is 10.8. The lowest BCUT2D eigenvalue weighted by atomic mass is 10.2. The van der Waals surface area contributed by atoms with Crippen LogP contribution in [0.5, 0.6) is 11.5 Å². The van der Waals surface area contributed by atoms with Gasteiger partial charge < -0.3 is 9.84 Å². The van der Waals surface area contributed by atoms with Crippen LogP contribution in [0.4, 0.5) is 0 Å². The van der Waals surface area contributed by atoms with E-state index in [0.717, 1.165) is 0 Å². The van der Waals surface area contributed by atoms with E-state index in [9.17, 15) is 9.90 Å². The number of ether oxygens (including phenoxy) is 1. The zero-order valence-corrected chi connectivity index (χ0v) is 6.70. The van der Waals surface area contributed by atoms with Crippen LogP contribution in [0.3, 0.4) is 0 Å². The molecule has 0 atom stereocenters. The molecular weight excluding hydrogens is 158 g/mol. The van der Waals surface area contributed by atoms with Crippen molar-refractivity contribution in [2.45, 2.75) is 0 Å². The molecule has 1 aromatic carbocycles. The monoisotopic (exact) mass is 168 g/mol. The number of amides is 1. The molecule has 0 saturated carbocycles. The van der Waals surface area contributed by atoms with E-state index in [-0.39, 0.29) is 17.1 Å². The molecule has 64 valence electrons. The second kappa shape index (κ2) is 3.23.